The van der Waals surface area contributed by atoms with Gasteiger partial charge in [-0.15, -0.1) is 0 Å². The third-order valence-electron chi connectivity index (χ3n) is 5.05. The number of aromatic nitrogens is 1. The van der Waals surface area contributed by atoms with E-state index in [9.17, 15) is 9.59 Å². The Morgan fingerprint density at radius 3 is 2.41 bits per heavy atom. The van der Waals surface area contributed by atoms with Crippen LogP contribution in [0.25, 0.3) is 0 Å². The zero-order valence-electron chi connectivity index (χ0n) is 16.8. The summed E-state index contributed by atoms with van der Waals surface area (Å²) in [6.45, 7) is 4.89. The van der Waals surface area contributed by atoms with Gasteiger partial charge < -0.3 is 4.74 Å². The number of hydrogen-bond donors (Lipinski definition) is 0. The highest BCUT2D eigenvalue weighted by atomic mass is 32.1. The van der Waals surface area contributed by atoms with Crippen molar-refractivity contribution in [1.82, 2.24) is 4.57 Å². The molecule has 0 bridgehead atoms. The van der Waals surface area contributed by atoms with Crippen molar-refractivity contribution in [3.05, 3.63) is 74.7 Å². The van der Waals surface area contributed by atoms with E-state index in [2.05, 4.69) is 13.8 Å². The molecule has 3 aromatic rings. The highest BCUT2D eigenvalue weighted by molar-refractivity contribution is 7.10. The molecular formula is C23H24N2O3S. The van der Waals surface area contributed by atoms with Crippen LogP contribution in [-0.2, 0) is 11.8 Å². The molecule has 0 fully saturated rings. The van der Waals surface area contributed by atoms with Crippen LogP contribution in [-0.4, -0.2) is 17.1 Å². The normalized spacial score (nSPS) is 16.2. The van der Waals surface area contributed by atoms with E-state index in [0.717, 1.165) is 21.9 Å². The Balaban J connectivity index is 1.72. The zero-order valence-corrected chi connectivity index (χ0v) is 17.6. The lowest BCUT2D eigenvalue weighted by Gasteiger charge is -2.32. The van der Waals surface area contributed by atoms with Crippen molar-refractivity contribution >= 4 is 28.7 Å². The van der Waals surface area contributed by atoms with Crippen LogP contribution in [0.5, 0.6) is 5.75 Å². The molecule has 0 unspecified atom stereocenters. The number of thiazole rings is 1. The quantitative estimate of drug-likeness (QED) is 0.616. The SMILES string of the molecule is CC(C)COc1ccc([C@@H]2CC(=O)N(c3ccccc3)c3c2sc(=O)n3C)cc1. The minimum Gasteiger partial charge on any atom is -0.493 e. The fourth-order valence-corrected chi connectivity index (χ4v) is 4.69. The van der Waals surface area contributed by atoms with Gasteiger partial charge in [-0.2, -0.15) is 0 Å². The van der Waals surface area contributed by atoms with Crippen molar-refractivity contribution < 1.29 is 9.53 Å². The van der Waals surface area contributed by atoms with Crippen LogP contribution in [0.15, 0.2) is 59.4 Å². The van der Waals surface area contributed by atoms with Gasteiger partial charge in [0.2, 0.25) is 5.91 Å². The van der Waals surface area contributed by atoms with Crippen molar-refractivity contribution in [3.8, 4) is 5.75 Å². The van der Waals surface area contributed by atoms with E-state index in [-0.39, 0.29) is 16.7 Å². The van der Waals surface area contributed by atoms with Crippen LogP contribution in [0.1, 0.15) is 36.6 Å². The number of fused-ring (bicyclic) bond motifs is 1. The Labute approximate surface area is 174 Å². The molecule has 1 aromatic heterocycles. The molecule has 1 aliphatic rings. The molecule has 0 aliphatic carbocycles. The summed E-state index contributed by atoms with van der Waals surface area (Å²) in [7, 11) is 1.73. The molecule has 29 heavy (non-hydrogen) atoms. The van der Waals surface area contributed by atoms with Gasteiger partial charge in [-0.25, -0.2) is 0 Å². The molecule has 0 spiro atoms. The molecule has 0 saturated carbocycles. The van der Waals surface area contributed by atoms with Gasteiger partial charge in [0.25, 0.3) is 0 Å². The van der Waals surface area contributed by atoms with Crippen LogP contribution in [0.4, 0.5) is 11.5 Å². The summed E-state index contributed by atoms with van der Waals surface area (Å²) < 4.78 is 7.35. The number of rotatable bonds is 5. The number of benzene rings is 2. The standard InChI is InChI=1S/C23H24N2O3S/c1-15(2)14-28-18-11-9-16(10-12-18)19-13-20(26)25(17-7-5-4-6-8-17)22-21(19)29-23(27)24(22)3/h4-12,15,19H,13-14H2,1-3H3/t19-/m0/s1. The highest BCUT2D eigenvalue weighted by Crippen LogP contribution is 2.44. The number of anilines is 2. The Morgan fingerprint density at radius 1 is 1.07 bits per heavy atom. The van der Waals surface area contributed by atoms with Gasteiger partial charge in [-0.3, -0.25) is 19.1 Å². The minimum atomic E-state index is -0.129. The number of amides is 1. The minimum absolute atomic E-state index is 0.0118. The first-order valence-corrected chi connectivity index (χ1v) is 10.6. The third kappa shape index (κ3) is 3.72. The monoisotopic (exact) mass is 408 g/mol. The van der Waals surface area contributed by atoms with Crippen LogP contribution in [0.2, 0.25) is 0 Å². The predicted octanol–water partition coefficient (Wildman–Crippen LogP) is 4.68. The second-order valence-electron chi connectivity index (χ2n) is 7.71. The first-order chi connectivity index (χ1) is 14.0. The highest BCUT2D eigenvalue weighted by Gasteiger charge is 2.37. The lowest BCUT2D eigenvalue weighted by Crippen LogP contribution is -2.34. The lowest BCUT2D eigenvalue weighted by atomic mass is 9.90. The maximum absolute atomic E-state index is 13.1. The predicted molar refractivity (Wildman–Crippen MR) is 116 cm³/mol. The number of carbonyl (C=O) groups excluding carboxylic acids is 1. The maximum Gasteiger partial charge on any atom is 0.308 e. The zero-order chi connectivity index (χ0) is 20.5. The van der Waals surface area contributed by atoms with Gasteiger partial charge in [0, 0.05) is 19.4 Å². The van der Waals surface area contributed by atoms with E-state index < -0.39 is 0 Å². The second kappa shape index (κ2) is 7.87. The molecule has 1 amide bonds. The summed E-state index contributed by atoms with van der Waals surface area (Å²) in [5, 5.41) is 0. The fraction of sp³-hybridized carbons (Fsp3) is 0.304. The van der Waals surface area contributed by atoms with Crippen LogP contribution in [0, 0.1) is 5.92 Å². The molecule has 0 saturated heterocycles. The summed E-state index contributed by atoms with van der Waals surface area (Å²) in [4.78, 5) is 28.2. The molecule has 2 aromatic carbocycles. The Kier molecular flexibility index (Phi) is 5.28. The first-order valence-electron chi connectivity index (χ1n) is 9.76. The van der Waals surface area contributed by atoms with Crippen molar-refractivity contribution in [2.75, 3.05) is 11.5 Å². The molecule has 0 N–H and O–H groups in total. The van der Waals surface area contributed by atoms with E-state index in [1.165, 1.54) is 11.3 Å². The molecule has 1 atom stereocenters. The van der Waals surface area contributed by atoms with Gasteiger partial charge in [0.1, 0.15) is 11.6 Å². The Morgan fingerprint density at radius 2 is 1.76 bits per heavy atom. The first kappa shape index (κ1) is 19.5. The number of para-hydroxylation sites is 1. The number of nitrogens with zero attached hydrogens (tertiary/aromatic N) is 2. The van der Waals surface area contributed by atoms with Gasteiger partial charge >= 0.3 is 4.87 Å². The summed E-state index contributed by atoms with van der Waals surface area (Å²) >= 11 is 1.22. The van der Waals surface area contributed by atoms with E-state index in [0.29, 0.717) is 24.8 Å². The topological polar surface area (TPSA) is 51.5 Å². The van der Waals surface area contributed by atoms with E-state index in [1.807, 2.05) is 54.6 Å². The van der Waals surface area contributed by atoms with Crippen LogP contribution in [0.3, 0.4) is 0 Å². The third-order valence-corrected chi connectivity index (χ3v) is 6.18. The smallest absolute Gasteiger partial charge is 0.308 e. The number of ether oxygens (including phenoxy) is 1. The van der Waals surface area contributed by atoms with Crippen molar-refractivity contribution in [2.45, 2.75) is 26.2 Å². The Hall–Kier alpha value is -2.86. The molecule has 0 radical (unpaired) electrons. The average Bonchev–Trinajstić information content (AvgIpc) is 3.01. The molecule has 2 heterocycles. The van der Waals surface area contributed by atoms with Crippen molar-refractivity contribution in [2.24, 2.45) is 13.0 Å². The lowest BCUT2D eigenvalue weighted by molar-refractivity contribution is -0.118. The van der Waals surface area contributed by atoms with Crippen molar-refractivity contribution in [1.29, 1.82) is 0 Å². The molecule has 150 valence electrons. The molecular weight excluding hydrogens is 384 g/mol. The maximum atomic E-state index is 13.1. The van der Waals surface area contributed by atoms with Crippen LogP contribution < -0.4 is 14.5 Å². The molecule has 6 heteroatoms. The summed E-state index contributed by atoms with van der Waals surface area (Å²) in [6, 6.07) is 17.4. The van der Waals surface area contributed by atoms with Crippen LogP contribution >= 0.6 is 11.3 Å². The number of hydrogen-bond acceptors (Lipinski definition) is 4. The van der Waals surface area contributed by atoms with Gasteiger partial charge in [-0.1, -0.05) is 55.5 Å². The average molecular weight is 409 g/mol. The molecule has 4 rings (SSSR count). The Bertz CT molecular complexity index is 1070. The summed E-state index contributed by atoms with van der Waals surface area (Å²) in [6.07, 6.45) is 0.327. The summed E-state index contributed by atoms with van der Waals surface area (Å²) in [5.41, 5.74) is 1.80. The van der Waals surface area contributed by atoms with Gasteiger partial charge in [-0.05, 0) is 35.7 Å². The molecule has 1 aliphatic heterocycles. The second-order valence-corrected chi connectivity index (χ2v) is 8.70. The number of carbonyl (C=O) groups is 1. The fourth-order valence-electron chi connectivity index (χ4n) is 3.60. The van der Waals surface area contributed by atoms with E-state index >= 15 is 0 Å². The van der Waals surface area contributed by atoms with Gasteiger partial charge in [0.05, 0.1) is 17.2 Å². The van der Waals surface area contributed by atoms with Gasteiger partial charge in [0.15, 0.2) is 0 Å². The van der Waals surface area contributed by atoms with Crippen molar-refractivity contribution in [3.63, 3.8) is 0 Å². The molecule has 5 nitrogen and oxygen atoms in total. The van der Waals surface area contributed by atoms with E-state index in [4.69, 9.17) is 4.74 Å². The summed E-state index contributed by atoms with van der Waals surface area (Å²) in [5.74, 6) is 1.81. The largest absolute Gasteiger partial charge is 0.493 e. The van der Waals surface area contributed by atoms with E-state index in [1.54, 1.807) is 16.5 Å².